The van der Waals surface area contributed by atoms with Crippen molar-refractivity contribution < 1.29 is 13.2 Å². The Kier molecular flexibility index (Phi) is 6.97. The van der Waals surface area contributed by atoms with E-state index in [0.717, 1.165) is 6.42 Å². The largest absolute Gasteiger partial charge is 0.446 e. The molecule has 17 heavy (non-hydrogen) atoms. The Morgan fingerprint density at radius 1 is 1.29 bits per heavy atom. The zero-order valence-electron chi connectivity index (χ0n) is 9.33. The number of nitrogens with two attached hydrogens (primary N) is 1. The van der Waals surface area contributed by atoms with Crippen LogP contribution in [0.15, 0.2) is 29.2 Å². The number of hydrogen-bond donors (Lipinski definition) is 1. The first-order chi connectivity index (χ1) is 7.44. The Balaban J connectivity index is 0.00000256. The highest BCUT2D eigenvalue weighted by molar-refractivity contribution is 8.00. The van der Waals surface area contributed by atoms with Crippen molar-refractivity contribution in [3.05, 3.63) is 29.8 Å². The standard InChI is InChI=1S/C11H14F3NS.ClH/c1-2-5-9(15)8-6-3-4-7-10(8)16-11(12,13)14;/h3-4,6-7,9H,2,5,15H2,1H3;1H/t9-;/m1./s1. The summed E-state index contributed by atoms with van der Waals surface area (Å²) in [6, 6.07) is 6.11. The lowest BCUT2D eigenvalue weighted by molar-refractivity contribution is -0.0328. The van der Waals surface area contributed by atoms with Crippen LogP contribution in [0.3, 0.4) is 0 Å². The minimum atomic E-state index is -4.26. The maximum atomic E-state index is 12.3. The quantitative estimate of drug-likeness (QED) is 0.823. The highest BCUT2D eigenvalue weighted by Crippen LogP contribution is 2.40. The second-order valence-electron chi connectivity index (χ2n) is 3.48. The molecule has 0 amide bonds. The minimum Gasteiger partial charge on any atom is -0.324 e. The molecule has 0 radical (unpaired) electrons. The van der Waals surface area contributed by atoms with Crippen LogP contribution in [0.5, 0.6) is 0 Å². The topological polar surface area (TPSA) is 26.0 Å². The zero-order chi connectivity index (χ0) is 12.2. The van der Waals surface area contributed by atoms with Crippen molar-refractivity contribution in [1.29, 1.82) is 0 Å². The van der Waals surface area contributed by atoms with Crippen molar-refractivity contribution in [2.75, 3.05) is 0 Å². The molecule has 0 aliphatic rings. The van der Waals surface area contributed by atoms with Crippen molar-refractivity contribution >= 4 is 24.2 Å². The van der Waals surface area contributed by atoms with E-state index in [1.165, 1.54) is 6.07 Å². The molecule has 0 saturated heterocycles. The van der Waals surface area contributed by atoms with Crippen LogP contribution in [0.2, 0.25) is 0 Å². The third-order valence-corrected chi connectivity index (χ3v) is 2.97. The molecule has 6 heteroatoms. The van der Waals surface area contributed by atoms with Gasteiger partial charge < -0.3 is 5.73 Å². The van der Waals surface area contributed by atoms with E-state index < -0.39 is 5.51 Å². The Labute approximate surface area is 109 Å². The van der Waals surface area contributed by atoms with Gasteiger partial charge in [0, 0.05) is 10.9 Å². The number of alkyl halides is 3. The summed E-state index contributed by atoms with van der Waals surface area (Å²) in [6.07, 6.45) is 1.54. The van der Waals surface area contributed by atoms with Crippen molar-refractivity contribution in [2.24, 2.45) is 5.73 Å². The summed E-state index contributed by atoms with van der Waals surface area (Å²) in [5, 5.41) is 0. The van der Waals surface area contributed by atoms with Gasteiger partial charge in [-0.05, 0) is 29.8 Å². The Bertz CT molecular complexity index is 344. The molecule has 0 heterocycles. The fourth-order valence-corrected chi connectivity index (χ4v) is 2.20. The van der Waals surface area contributed by atoms with Gasteiger partial charge in [-0.2, -0.15) is 13.2 Å². The first-order valence-corrected chi connectivity index (χ1v) is 5.86. The van der Waals surface area contributed by atoms with Gasteiger partial charge in [0.15, 0.2) is 0 Å². The molecule has 0 unspecified atom stereocenters. The van der Waals surface area contributed by atoms with Crippen molar-refractivity contribution in [3.63, 3.8) is 0 Å². The smallest absolute Gasteiger partial charge is 0.324 e. The molecule has 0 spiro atoms. The Morgan fingerprint density at radius 3 is 2.41 bits per heavy atom. The monoisotopic (exact) mass is 285 g/mol. The first-order valence-electron chi connectivity index (χ1n) is 5.04. The normalized spacial score (nSPS) is 13.0. The van der Waals surface area contributed by atoms with Gasteiger partial charge in [-0.3, -0.25) is 0 Å². The number of halogens is 4. The van der Waals surface area contributed by atoms with Gasteiger partial charge in [-0.25, -0.2) is 0 Å². The van der Waals surface area contributed by atoms with Gasteiger partial charge >= 0.3 is 5.51 Å². The number of benzene rings is 1. The maximum Gasteiger partial charge on any atom is 0.446 e. The molecule has 0 aromatic heterocycles. The Hall–Kier alpha value is -0.390. The highest BCUT2D eigenvalue weighted by atomic mass is 35.5. The lowest BCUT2D eigenvalue weighted by Gasteiger charge is -2.16. The van der Waals surface area contributed by atoms with Gasteiger partial charge in [0.05, 0.1) is 0 Å². The minimum absolute atomic E-state index is 0. The maximum absolute atomic E-state index is 12.3. The van der Waals surface area contributed by atoms with Crippen LogP contribution >= 0.6 is 24.2 Å². The molecule has 0 aliphatic heterocycles. The predicted octanol–water partition coefficient (Wildman–Crippen LogP) is 4.52. The first kappa shape index (κ1) is 16.6. The number of hydrogen-bond acceptors (Lipinski definition) is 2. The summed E-state index contributed by atoms with van der Waals surface area (Å²) in [4.78, 5) is 0.205. The molecular formula is C11H15ClF3NS. The van der Waals surface area contributed by atoms with Crippen LogP contribution < -0.4 is 5.73 Å². The van der Waals surface area contributed by atoms with Gasteiger partial charge in [0.2, 0.25) is 0 Å². The summed E-state index contributed by atoms with van der Waals surface area (Å²) >= 11 is -0.0984. The van der Waals surface area contributed by atoms with Crippen molar-refractivity contribution in [2.45, 2.75) is 36.2 Å². The van der Waals surface area contributed by atoms with Gasteiger partial charge in [-0.1, -0.05) is 31.5 Å². The molecule has 0 saturated carbocycles. The van der Waals surface area contributed by atoms with E-state index in [9.17, 15) is 13.2 Å². The molecule has 1 aromatic carbocycles. The van der Waals surface area contributed by atoms with Crippen LogP contribution in [0.4, 0.5) is 13.2 Å². The van der Waals surface area contributed by atoms with Crippen LogP contribution in [0, 0.1) is 0 Å². The number of thioether (sulfide) groups is 1. The third-order valence-electron chi connectivity index (χ3n) is 2.14. The van der Waals surface area contributed by atoms with E-state index in [2.05, 4.69) is 0 Å². The lowest BCUT2D eigenvalue weighted by Crippen LogP contribution is -2.12. The molecule has 1 rings (SSSR count). The average Bonchev–Trinajstić information content (AvgIpc) is 2.16. The van der Waals surface area contributed by atoms with E-state index in [-0.39, 0.29) is 35.1 Å². The van der Waals surface area contributed by atoms with Crippen LogP contribution in [0.1, 0.15) is 31.4 Å². The van der Waals surface area contributed by atoms with Crippen LogP contribution in [-0.2, 0) is 0 Å². The molecule has 1 aromatic rings. The molecular weight excluding hydrogens is 271 g/mol. The molecule has 0 fully saturated rings. The van der Waals surface area contributed by atoms with E-state index in [4.69, 9.17) is 5.73 Å². The van der Waals surface area contributed by atoms with Crippen molar-refractivity contribution in [3.8, 4) is 0 Å². The average molecular weight is 286 g/mol. The second kappa shape index (κ2) is 7.13. The molecule has 2 N–H and O–H groups in total. The van der Waals surface area contributed by atoms with Crippen LogP contribution in [0.25, 0.3) is 0 Å². The summed E-state index contributed by atoms with van der Waals surface area (Å²) in [6.45, 7) is 1.96. The molecule has 0 bridgehead atoms. The zero-order valence-corrected chi connectivity index (χ0v) is 11.0. The van der Waals surface area contributed by atoms with Gasteiger partial charge in [0.25, 0.3) is 0 Å². The number of rotatable bonds is 4. The molecule has 98 valence electrons. The molecule has 1 nitrogen and oxygen atoms in total. The fourth-order valence-electron chi connectivity index (χ4n) is 1.47. The summed E-state index contributed by atoms with van der Waals surface area (Å²) in [7, 11) is 0. The summed E-state index contributed by atoms with van der Waals surface area (Å²) in [5.41, 5.74) is 2.16. The van der Waals surface area contributed by atoms with Gasteiger partial charge in [-0.15, -0.1) is 12.4 Å². The van der Waals surface area contributed by atoms with E-state index in [1.807, 2.05) is 6.92 Å². The molecule has 0 aliphatic carbocycles. The summed E-state index contributed by atoms with van der Waals surface area (Å²) in [5.74, 6) is 0. The highest BCUT2D eigenvalue weighted by Gasteiger charge is 2.30. The van der Waals surface area contributed by atoms with Crippen LogP contribution in [-0.4, -0.2) is 5.51 Å². The third kappa shape index (κ3) is 5.66. The lowest BCUT2D eigenvalue weighted by atomic mass is 10.0. The Morgan fingerprint density at radius 2 is 1.88 bits per heavy atom. The fraction of sp³-hybridized carbons (Fsp3) is 0.455. The predicted molar refractivity (Wildman–Crippen MR) is 67.4 cm³/mol. The van der Waals surface area contributed by atoms with Crippen molar-refractivity contribution in [1.82, 2.24) is 0 Å². The second-order valence-corrected chi connectivity index (χ2v) is 4.59. The molecule has 1 atom stereocenters. The van der Waals surface area contributed by atoms with E-state index in [1.54, 1.807) is 18.2 Å². The van der Waals surface area contributed by atoms with E-state index >= 15 is 0 Å². The van der Waals surface area contributed by atoms with E-state index in [0.29, 0.717) is 12.0 Å². The SMILES string of the molecule is CCC[C@@H](N)c1ccccc1SC(F)(F)F.Cl. The van der Waals surface area contributed by atoms with Gasteiger partial charge in [0.1, 0.15) is 0 Å². The summed E-state index contributed by atoms with van der Waals surface area (Å²) < 4.78 is 36.9.